The monoisotopic (exact) mass is 515 g/mol. The van der Waals surface area contributed by atoms with Crippen LogP contribution in [0.15, 0.2) is 83.8 Å². The van der Waals surface area contributed by atoms with Crippen LogP contribution in [0.1, 0.15) is 16.8 Å². The largest absolute Gasteiger partial charge is 0.416 e. The van der Waals surface area contributed by atoms with Crippen LogP contribution >= 0.6 is 0 Å². The highest BCUT2D eigenvalue weighted by Crippen LogP contribution is 2.32. The topological polar surface area (TPSA) is 80.2 Å². The summed E-state index contributed by atoms with van der Waals surface area (Å²) in [4.78, 5) is 12.4. The number of anilines is 1. The van der Waals surface area contributed by atoms with E-state index in [-0.39, 0.29) is 22.9 Å². The van der Waals surface area contributed by atoms with Gasteiger partial charge in [-0.05, 0) is 36.8 Å². The van der Waals surface area contributed by atoms with Gasteiger partial charge < -0.3 is 15.2 Å². The van der Waals surface area contributed by atoms with Crippen molar-refractivity contribution in [1.29, 1.82) is 0 Å². The third-order valence-electron chi connectivity index (χ3n) is 5.77. The van der Waals surface area contributed by atoms with Crippen LogP contribution < -0.4 is 10.6 Å². The fourth-order valence-electron chi connectivity index (χ4n) is 4.11. The second kappa shape index (κ2) is 10.1. The van der Waals surface area contributed by atoms with Crippen LogP contribution in [0.5, 0.6) is 0 Å². The van der Waals surface area contributed by atoms with Gasteiger partial charge in [-0.2, -0.15) is 13.2 Å². The van der Waals surface area contributed by atoms with Crippen molar-refractivity contribution in [2.75, 3.05) is 17.6 Å². The molecule has 0 aliphatic heterocycles. The minimum atomic E-state index is -4.54. The molecule has 0 saturated carbocycles. The molecule has 2 amide bonds. The summed E-state index contributed by atoms with van der Waals surface area (Å²) in [5.74, 6) is -0.372. The molecular formula is C26H24F3N3O3S. The highest BCUT2D eigenvalue weighted by molar-refractivity contribution is 7.91. The molecule has 10 heteroatoms. The Kier molecular flexibility index (Phi) is 7.07. The molecular weight excluding hydrogens is 491 g/mol. The zero-order valence-electron chi connectivity index (χ0n) is 19.3. The fourth-order valence-corrected chi connectivity index (χ4v) is 5.75. The van der Waals surface area contributed by atoms with Gasteiger partial charge in [0, 0.05) is 35.4 Å². The number of carbonyl (C=O) groups is 1. The van der Waals surface area contributed by atoms with Gasteiger partial charge in [0.2, 0.25) is 0 Å². The molecule has 0 aliphatic carbocycles. The van der Waals surface area contributed by atoms with E-state index in [0.29, 0.717) is 17.6 Å². The number of sulfone groups is 1. The number of benzene rings is 3. The predicted octanol–water partition coefficient (Wildman–Crippen LogP) is 5.61. The SMILES string of the molecule is Cc1c(S(=O)(=O)CCNC(=O)Nc2cccc(C(F)(F)F)c2)c2ccccc2n1Cc1ccccc1. The molecule has 0 saturated heterocycles. The number of urea groups is 1. The molecule has 0 unspecified atom stereocenters. The standard InChI is InChI=1S/C26H24F3N3O3S/c1-18-24(22-12-5-6-13-23(22)32(18)17-19-8-3-2-4-9-19)36(34,35)15-14-30-25(33)31-21-11-7-10-20(16-21)26(27,28)29/h2-13,16H,14-15,17H2,1H3,(H2,30,31,33). The predicted molar refractivity (Wildman–Crippen MR) is 133 cm³/mol. The first kappa shape index (κ1) is 25.3. The van der Waals surface area contributed by atoms with E-state index >= 15 is 0 Å². The summed E-state index contributed by atoms with van der Waals surface area (Å²) in [7, 11) is -3.80. The molecule has 0 atom stereocenters. The lowest BCUT2D eigenvalue weighted by Gasteiger charge is -2.11. The van der Waals surface area contributed by atoms with Crippen LogP contribution in [-0.4, -0.2) is 31.3 Å². The van der Waals surface area contributed by atoms with E-state index in [4.69, 9.17) is 0 Å². The number of alkyl halides is 3. The van der Waals surface area contributed by atoms with Gasteiger partial charge >= 0.3 is 12.2 Å². The van der Waals surface area contributed by atoms with Gasteiger partial charge in [0.05, 0.1) is 16.2 Å². The molecule has 0 fully saturated rings. The first-order valence-corrected chi connectivity index (χ1v) is 12.8. The summed E-state index contributed by atoms with van der Waals surface area (Å²) in [6.07, 6.45) is -4.54. The Morgan fingerprint density at radius 1 is 0.944 bits per heavy atom. The molecule has 4 rings (SSSR count). The lowest BCUT2D eigenvalue weighted by atomic mass is 10.2. The molecule has 2 N–H and O–H groups in total. The molecule has 0 aliphatic rings. The smallest absolute Gasteiger partial charge is 0.339 e. The Labute approximate surface area is 206 Å². The zero-order valence-corrected chi connectivity index (χ0v) is 20.2. The normalized spacial score (nSPS) is 12.0. The minimum Gasteiger partial charge on any atom is -0.339 e. The number of aromatic nitrogens is 1. The van der Waals surface area contributed by atoms with Crippen molar-refractivity contribution in [2.45, 2.75) is 24.5 Å². The molecule has 188 valence electrons. The lowest BCUT2D eigenvalue weighted by molar-refractivity contribution is -0.137. The lowest BCUT2D eigenvalue weighted by Crippen LogP contribution is -2.33. The molecule has 0 spiro atoms. The van der Waals surface area contributed by atoms with Crippen LogP contribution in [0, 0.1) is 6.92 Å². The van der Waals surface area contributed by atoms with Crippen LogP contribution in [-0.2, 0) is 22.6 Å². The number of rotatable bonds is 7. The van der Waals surface area contributed by atoms with Crippen LogP contribution in [0.3, 0.4) is 0 Å². The summed E-state index contributed by atoms with van der Waals surface area (Å²) in [5, 5.41) is 5.31. The van der Waals surface area contributed by atoms with E-state index in [1.54, 1.807) is 19.1 Å². The van der Waals surface area contributed by atoms with Gasteiger partial charge in [-0.25, -0.2) is 13.2 Å². The number of fused-ring (bicyclic) bond motifs is 1. The Morgan fingerprint density at radius 2 is 1.64 bits per heavy atom. The van der Waals surface area contributed by atoms with Crippen molar-refractivity contribution in [2.24, 2.45) is 0 Å². The number of carbonyl (C=O) groups excluding carboxylic acids is 1. The average Bonchev–Trinajstić information content (AvgIpc) is 3.11. The Hall–Kier alpha value is -3.79. The molecule has 3 aromatic carbocycles. The number of halogens is 3. The van der Waals surface area contributed by atoms with Crippen LogP contribution in [0.2, 0.25) is 0 Å². The van der Waals surface area contributed by atoms with Gasteiger partial charge in [0.1, 0.15) is 0 Å². The van der Waals surface area contributed by atoms with Gasteiger partial charge in [-0.3, -0.25) is 0 Å². The van der Waals surface area contributed by atoms with E-state index in [1.807, 2.05) is 47.0 Å². The number of hydrogen-bond acceptors (Lipinski definition) is 3. The number of nitrogens with zero attached hydrogens (tertiary/aromatic N) is 1. The second-order valence-corrected chi connectivity index (χ2v) is 10.3. The van der Waals surface area contributed by atoms with Crippen LogP contribution in [0.4, 0.5) is 23.7 Å². The molecule has 4 aromatic rings. The quantitative estimate of drug-likeness (QED) is 0.336. The van der Waals surface area contributed by atoms with Gasteiger partial charge in [0.25, 0.3) is 0 Å². The Bertz CT molecular complexity index is 1500. The van der Waals surface area contributed by atoms with E-state index in [0.717, 1.165) is 23.2 Å². The summed E-state index contributed by atoms with van der Waals surface area (Å²) < 4.78 is 67.2. The average molecular weight is 516 g/mol. The number of amides is 2. The minimum absolute atomic E-state index is 0.0509. The first-order valence-electron chi connectivity index (χ1n) is 11.1. The molecule has 0 radical (unpaired) electrons. The van der Waals surface area contributed by atoms with Crippen LogP contribution in [0.25, 0.3) is 10.9 Å². The number of para-hydroxylation sites is 1. The zero-order chi connectivity index (χ0) is 25.9. The van der Waals surface area contributed by atoms with Crippen molar-refractivity contribution < 1.29 is 26.4 Å². The maximum atomic E-state index is 13.3. The second-order valence-electron chi connectivity index (χ2n) is 8.28. The van der Waals surface area contributed by atoms with E-state index in [9.17, 15) is 26.4 Å². The van der Waals surface area contributed by atoms with Crippen molar-refractivity contribution in [3.05, 3.63) is 95.7 Å². The Balaban J connectivity index is 1.49. The van der Waals surface area contributed by atoms with E-state index in [2.05, 4.69) is 10.6 Å². The summed E-state index contributed by atoms with van der Waals surface area (Å²) in [5.41, 5.74) is 1.45. The van der Waals surface area contributed by atoms with Gasteiger partial charge in [-0.1, -0.05) is 54.6 Å². The van der Waals surface area contributed by atoms with Crippen molar-refractivity contribution >= 4 is 32.5 Å². The fraction of sp³-hybridized carbons (Fsp3) is 0.192. The third-order valence-corrected chi connectivity index (χ3v) is 7.65. The van der Waals surface area contributed by atoms with Crippen molar-refractivity contribution in [3.8, 4) is 0 Å². The summed E-state index contributed by atoms with van der Waals surface area (Å²) in [6, 6.07) is 20.3. The molecule has 1 aromatic heterocycles. The molecule has 0 bridgehead atoms. The summed E-state index contributed by atoms with van der Waals surface area (Å²) in [6.45, 7) is 2.04. The number of nitrogens with one attached hydrogen (secondary N) is 2. The van der Waals surface area contributed by atoms with Gasteiger partial charge in [0.15, 0.2) is 9.84 Å². The van der Waals surface area contributed by atoms with Crippen molar-refractivity contribution in [3.63, 3.8) is 0 Å². The maximum Gasteiger partial charge on any atom is 0.416 e. The highest BCUT2D eigenvalue weighted by Gasteiger charge is 2.30. The van der Waals surface area contributed by atoms with E-state index < -0.39 is 27.6 Å². The van der Waals surface area contributed by atoms with Crippen molar-refractivity contribution in [1.82, 2.24) is 9.88 Å². The first-order chi connectivity index (χ1) is 17.1. The third kappa shape index (κ3) is 5.54. The number of hydrogen-bond donors (Lipinski definition) is 2. The molecule has 6 nitrogen and oxygen atoms in total. The summed E-state index contributed by atoms with van der Waals surface area (Å²) >= 11 is 0. The molecule has 36 heavy (non-hydrogen) atoms. The highest BCUT2D eigenvalue weighted by atomic mass is 32.2. The van der Waals surface area contributed by atoms with Gasteiger partial charge in [-0.15, -0.1) is 0 Å². The molecule has 1 heterocycles. The Morgan fingerprint density at radius 3 is 2.36 bits per heavy atom. The van der Waals surface area contributed by atoms with E-state index in [1.165, 1.54) is 12.1 Å². The maximum absolute atomic E-state index is 13.3.